The third-order valence-electron chi connectivity index (χ3n) is 7.14. The van der Waals surface area contributed by atoms with Gasteiger partial charge in [-0.25, -0.2) is 4.79 Å². The highest BCUT2D eigenvalue weighted by molar-refractivity contribution is 5.95. The van der Waals surface area contributed by atoms with E-state index in [0.29, 0.717) is 6.42 Å². The van der Waals surface area contributed by atoms with E-state index in [-0.39, 0.29) is 6.92 Å². The quantitative estimate of drug-likeness (QED) is 0.155. The van der Waals surface area contributed by atoms with Crippen LogP contribution in [-0.4, -0.2) is 91.1 Å². The van der Waals surface area contributed by atoms with Crippen LogP contribution in [0.3, 0.4) is 0 Å². The molecular formula is C24H27F9O11. The summed E-state index contributed by atoms with van der Waals surface area (Å²) in [6.07, 6.45) is -33.5. The number of rotatable bonds is 9. The number of ether oxygens (including phenoxy) is 7. The topological polar surface area (TPSA) is 133 Å². The fourth-order valence-corrected chi connectivity index (χ4v) is 4.25. The second-order valence-corrected chi connectivity index (χ2v) is 11.0. The molecule has 3 aliphatic rings. The minimum absolute atomic E-state index is 0.288. The summed E-state index contributed by atoms with van der Waals surface area (Å²) < 4.78 is 151. The van der Waals surface area contributed by atoms with Gasteiger partial charge in [-0.1, -0.05) is 6.92 Å². The number of carbonyl (C=O) groups excluding carboxylic acids is 4. The van der Waals surface area contributed by atoms with Crippen molar-refractivity contribution < 1.29 is 91.8 Å². The molecule has 0 aromatic carbocycles. The number of hydrogen-bond donors (Lipinski definition) is 0. The summed E-state index contributed by atoms with van der Waals surface area (Å²) in [5.74, 6) is -11.8. The molecule has 252 valence electrons. The van der Waals surface area contributed by atoms with Crippen molar-refractivity contribution in [2.75, 3.05) is 0 Å². The fraction of sp³-hybridized carbons (Fsp3) is 0.833. The Bertz CT molecular complexity index is 1120. The lowest BCUT2D eigenvalue weighted by Crippen LogP contribution is -2.49. The predicted molar refractivity (Wildman–Crippen MR) is 119 cm³/mol. The normalized spacial score (nSPS) is 30.3. The minimum atomic E-state index is -6.22. The van der Waals surface area contributed by atoms with Gasteiger partial charge in [-0.3, -0.25) is 14.4 Å². The first-order valence-electron chi connectivity index (χ1n) is 12.8. The van der Waals surface area contributed by atoms with Gasteiger partial charge in [-0.15, -0.1) is 0 Å². The molecular weight excluding hydrogens is 635 g/mol. The van der Waals surface area contributed by atoms with Crippen LogP contribution in [0.2, 0.25) is 0 Å². The van der Waals surface area contributed by atoms with Crippen molar-refractivity contribution >= 4 is 23.9 Å². The Morgan fingerprint density at radius 1 is 0.864 bits per heavy atom. The summed E-state index contributed by atoms with van der Waals surface area (Å²) in [6.45, 7) is 5.99. The maximum Gasteiger partial charge on any atom is 0.434 e. The molecule has 0 N–H and O–H groups in total. The van der Waals surface area contributed by atoms with Crippen LogP contribution in [0.5, 0.6) is 0 Å². The van der Waals surface area contributed by atoms with Gasteiger partial charge in [0, 0.05) is 6.42 Å². The second-order valence-electron chi connectivity index (χ2n) is 11.0. The zero-order chi connectivity index (χ0) is 33.8. The number of alkyl halides is 9. The van der Waals surface area contributed by atoms with Crippen LogP contribution in [-0.2, 0) is 52.3 Å². The van der Waals surface area contributed by atoms with Crippen molar-refractivity contribution in [3.63, 3.8) is 0 Å². The number of hydrogen-bond acceptors (Lipinski definition) is 11. The lowest BCUT2D eigenvalue weighted by molar-refractivity contribution is -0.315. The Hall–Kier alpha value is -2.87. The fourth-order valence-electron chi connectivity index (χ4n) is 4.25. The Morgan fingerprint density at radius 3 is 1.91 bits per heavy atom. The summed E-state index contributed by atoms with van der Waals surface area (Å²) in [5, 5.41) is 0. The molecule has 3 rings (SSSR count). The Balaban J connectivity index is 1.81. The van der Waals surface area contributed by atoms with E-state index in [9.17, 15) is 58.7 Å². The van der Waals surface area contributed by atoms with Crippen molar-refractivity contribution in [3.05, 3.63) is 0 Å². The van der Waals surface area contributed by atoms with Gasteiger partial charge in [-0.2, -0.15) is 39.5 Å². The van der Waals surface area contributed by atoms with E-state index >= 15 is 0 Å². The smallest absolute Gasteiger partial charge is 0.434 e. The van der Waals surface area contributed by atoms with E-state index < -0.39 is 109 Å². The molecule has 0 amide bonds. The van der Waals surface area contributed by atoms with Crippen molar-refractivity contribution in [3.8, 4) is 0 Å². The molecule has 3 fully saturated rings. The third-order valence-corrected chi connectivity index (χ3v) is 7.14. The van der Waals surface area contributed by atoms with Gasteiger partial charge in [0.1, 0.15) is 6.10 Å². The number of fused-ring (bicyclic) bond motifs is 3. The van der Waals surface area contributed by atoms with E-state index in [2.05, 4.69) is 9.47 Å². The van der Waals surface area contributed by atoms with Crippen LogP contribution in [0.4, 0.5) is 39.5 Å². The molecule has 0 aromatic heterocycles. The summed E-state index contributed by atoms with van der Waals surface area (Å²) >= 11 is 0. The van der Waals surface area contributed by atoms with Gasteiger partial charge in [0.15, 0.2) is 36.3 Å². The SMILES string of the molecule is CCC(C)(C)C(=O)OC1C(=O)OC2C3OC(C)(CC(C(=O)OC(C)C(F)(F)F)C(=O)OC(C(F)(F)F)C(F)(F)F)OC3OC12. The van der Waals surface area contributed by atoms with Gasteiger partial charge in [0.05, 0.1) is 5.41 Å². The van der Waals surface area contributed by atoms with E-state index in [1.807, 2.05) is 0 Å². The first-order chi connectivity index (χ1) is 19.8. The zero-order valence-corrected chi connectivity index (χ0v) is 23.4. The second kappa shape index (κ2) is 11.8. The van der Waals surface area contributed by atoms with Crippen LogP contribution in [0.15, 0.2) is 0 Å². The first kappa shape index (κ1) is 35.6. The molecule has 20 heteroatoms. The molecule has 0 aliphatic carbocycles. The third kappa shape index (κ3) is 7.49. The Labute approximate surface area is 242 Å². The number of halogens is 9. The van der Waals surface area contributed by atoms with Gasteiger partial charge < -0.3 is 33.2 Å². The largest absolute Gasteiger partial charge is 0.454 e. The summed E-state index contributed by atoms with van der Waals surface area (Å²) in [7, 11) is 0. The molecule has 0 saturated carbocycles. The van der Waals surface area contributed by atoms with Crippen LogP contribution in [0, 0.1) is 11.3 Å². The van der Waals surface area contributed by atoms with Crippen molar-refractivity contribution in [2.24, 2.45) is 11.3 Å². The molecule has 44 heavy (non-hydrogen) atoms. The number of carbonyl (C=O) groups is 4. The zero-order valence-electron chi connectivity index (χ0n) is 23.4. The van der Waals surface area contributed by atoms with Crippen molar-refractivity contribution in [1.82, 2.24) is 0 Å². The van der Waals surface area contributed by atoms with Crippen molar-refractivity contribution in [2.45, 2.75) is 115 Å². The van der Waals surface area contributed by atoms with Crippen LogP contribution < -0.4 is 0 Å². The molecule has 3 aliphatic heterocycles. The summed E-state index contributed by atoms with van der Waals surface area (Å²) in [4.78, 5) is 49.9. The highest BCUT2D eigenvalue weighted by Crippen LogP contribution is 2.46. The summed E-state index contributed by atoms with van der Waals surface area (Å²) in [6, 6.07) is 0. The summed E-state index contributed by atoms with van der Waals surface area (Å²) in [5.41, 5.74) is -1.00. The first-order valence-corrected chi connectivity index (χ1v) is 12.8. The van der Waals surface area contributed by atoms with Gasteiger partial charge in [0.25, 0.3) is 6.10 Å². The molecule has 3 heterocycles. The average molecular weight is 662 g/mol. The lowest BCUT2D eigenvalue weighted by atomic mass is 9.90. The average Bonchev–Trinajstić information content (AvgIpc) is 3.45. The van der Waals surface area contributed by atoms with Gasteiger partial charge in [-0.05, 0) is 34.1 Å². The lowest BCUT2D eigenvalue weighted by Gasteiger charge is -2.30. The van der Waals surface area contributed by atoms with Gasteiger partial charge >= 0.3 is 42.4 Å². The Morgan fingerprint density at radius 2 is 1.41 bits per heavy atom. The highest BCUT2D eigenvalue weighted by atomic mass is 19.4. The molecule has 0 bridgehead atoms. The van der Waals surface area contributed by atoms with Crippen LogP contribution >= 0.6 is 0 Å². The van der Waals surface area contributed by atoms with Gasteiger partial charge in [0.2, 0.25) is 6.10 Å². The predicted octanol–water partition coefficient (Wildman–Crippen LogP) is 3.65. The highest BCUT2D eigenvalue weighted by Gasteiger charge is 2.66. The molecule has 8 atom stereocenters. The maximum absolute atomic E-state index is 13.0. The molecule has 11 nitrogen and oxygen atoms in total. The standard InChI is InChI=1S/C24H27F9O11/c1-6-20(3,4)19(37)41-12-10-11(39-16(12)36)13-17(40-10)44-21(5,43-13)7-9(14(34)38-8(2)22(25,26)27)15(35)42-18(23(28,29)30)24(31,32)33/h8-13,17-18H,6-7H2,1-5H3. The minimum Gasteiger partial charge on any atom is -0.454 e. The number of esters is 4. The molecule has 0 radical (unpaired) electrons. The monoisotopic (exact) mass is 662 g/mol. The van der Waals surface area contributed by atoms with E-state index in [4.69, 9.17) is 23.7 Å². The van der Waals surface area contributed by atoms with E-state index in [1.54, 1.807) is 20.8 Å². The molecule has 8 unspecified atom stereocenters. The van der Waals surface area contributed by atoms with Crippen LogP contribution in [0.1, 0.15) is 47.5 Å². The molecule has 0 aromatic rings. The maximum atomic E-state index is 13.0. The molecule has 3 saturated heterocycles. The molecule has 0 spiro atoms. The van der Waals surface area contributed by atoms with Crippen LogP contribution in [0.25, 0.3) is 0 Å². The van der Waals surface area contributed by atoms with E-state index in [1.165, 1.54) is 0 Å². The van der Waals surface area contributed by atoms with Crippen molar-refractivity contribution in [1.29, 1.82) is 0 Å². The Kier molecular flexibility index (Phi) is 9.56. The van der Waals surface area contributed by atoms with E-state index in [0.717, 1.165) is 6.92 Å².